The van der Waals surface area contributed by atoms with Crippen molar-refractivity contribution in [3.05, 3.63) is 24.3 Å². The van der Waals surface area contributed by atoms with Crippen LogP contribution in [-0.4, -0.2) is 68.5 Å². The zero-order chi connectivity index (χ0) is 18.7. The first-order chi connectivity index (χ1) is 12.4. The van der Waals surface area contributed by atoms with E-state index in [2.05, 4.69) is 10.2 Å². The Hall–Kier alpha value is -1.48. The van der Waals surface area contributed by atoms with Gasteiger partial charge in [0.2, 0.25) is 15.9 Å². The highest BCUT2D eigenvalue weighted by atomic mass is 32.2. The predicted molar refractivity (Wildman–Crippen MR) is 99.5 cm³/mol. The zero-order valence-corrected chi connectivity index (χ0v) is 16.2. The van der Waals surface area contributed by atoms with Gasteiger partial charge in [0, 0.05) is 31.9 Å². The SMILES string of the molecule is C[C@H]1CN([C@@H](C)C(=O)Nc2ccc(S(=O)(=O)N3CCCC3)cc2)CCO1. The third-order valence-electron chi connectivity index (χ3n) is 5.02. The fourth-order valence-electron chi connectivity index (χ4n) is 3.40. The Bertz CT molecular complexity index is 729. The van der Waals surface area contributed by atoms with Crippen LogP contribution in [0.4, 0.5) is 5.69 Å². The highest BCUT2D eigenvalue weighted by Crippen LogP contribution is 2.22. The molecule has 2 fully saturated rings. The molecule has 1 aromatic carbocycles. The van der Waals surface area contributed by atoms with Crippen molar-refractivity contribution in [2.24, 2.45) is 0 Å². The lowest BCUT2D eigenvalue weighted by molar-refractivity contribution is -0.123. The number of ether oxygens (including phenoxy) is 1. The number of sulfonamides is 1. The predicted octanol–water partition coefficient (Wildman–Crippen LogP) is 1.52. The Kier molecular flexibility index (Phi) is 5.96. The van der Waals surface area contributed by atoms with Gasteiger partial charge in [-0.2, -0.15) is 4.31 Å². The number of hydrogen-bond acceptors (Lipinski definition) is 5. The van der Waals surface area contributed by atoms with Crippen LogP contribution in [0.3, 0.4) is 0 Å². The van der Waals surface area contributed by atoms with E-state index in [9.17, 15) is 13.2 Å². The Labute approximate surface area is 155 Å². The zero-order valence-electron chi connectivity index (χ0n) is 15.3. The summed E-state index contributed by atoms with van der Waals surface area (Å²) in [4.78, 5) is 14.9. The van der Waals surface area contributed by atoms with E-state index in [-0.39, 0.29) is 22.9 Å². The van der Waals surface area contributed by atoms with Gasteiger partial charge in [-0.05, 0) is 51.0 Å². The minimum Gasteiger partial charge on any atom is -0.376 e. The van der Waals surface area contributed by atoms with Gasteiger partial charge in [-0.1, -0.05) is 0 Å². The van der Waals surface area contributed by atoms with Gasteiger partial charge in [0.05, 0.1) is 23.6 Å². The molecule has 1 amide bonds. The standard InChI is InChI=1S/C18H27N3O4S/c1-14-13-20(11-12-25-14)15(2)18(22)19-16-5-7-17(8-6-16)26(23,24)21-9-3-4-10-21/h5-8,14-15H,3-4,9-13H2,1-2H3,(H,19,22)/t14-,15-/m0/s1. The molecule has 8 heteroatoms. The van der Waals surface area contributed by atoms with E-state index < -0.39 is 10.0 Å². The van der Waals surface area contributed by atoms with E-state index in [1.54, 1.807) is 24.3 Å². The molecule has 0 spiro atoms. The lowest BCUT2D eigenvalue weighted by Crippen LogP contribution is -2.50. The highest BCUT2D eigenvalue weighted by molar-refractivity contribution is 7.89. The number of morpholine rings is 1. The van der Waals surface area contributed by atoms with Gasteiger partial charge in [0.15, 0.2) is 0 Å². The molecule has 2 aliphatic heterocycles. The number of nitrogens with one attached hydrogen (secondary N) is 1. The van der Waals surface area contributed by atoms with Crippen LogP contribution in [0.2, 0.25) is 0 Å². The normalized spacial score (nSPS) is 23.7. The summed E-state index contributed by atoms with van der Waals surface area (Å²) in [6.07, 6.45) is 1.94. The second-order valence-corrected chi connectivity index (χ2v) is 8.92. The van der Waals surface area contributed by atoms with Gasteiger partial charge in [-0.15, -0.1) is 0 Å². The first-order valence-corrected chi connectivity index (χ1v) is 10.6. The molecular formula is C18H27N3O4S. The molecule has 1 N–H and O–H groups in total. The van der Waals surface area contributed by atoms with Crippen molar-refractivity contribution in [2.75, 3.05) is 38.1 Å². The third-order valence-corrected chi connectivity index (χ3v) is 6.94. The number of rotatable bonds is 5. The van der Waals surface area contributed by atoms with E-state index in [0.717, 1.165) is 25.9 Å². The van der Waals surface area contributed by atoms with Crippen LogP contribution in [0, 0.1) is 0 Å². The van der Waals surface area contributed by atoms with Gasteiger partial charge in [-0.25, -0.2) is 8.42 Å². The van der Waals surface area contributed by atoms with Crippen molar-refractivity contribution in [2.45, 2.75) is 43.7 Å². The van der Waals surface area contributed by atoms with E-state index in [0.29, 0.717) is 25.4 Å². The summed E-state index contributed by atoms with van der Waals surface area (Å²) in [5, 5.41) is 2.87. The molecule has 2 atom stereocenters. The molecule has 26 heavy (non-hydrogen) atoms. The molecule has 2 heterocycles. The van der Waals surface area contributed by atoms with E-state index in [1.807, 2.05) is 13.8 Å². The maximum Gasteiger partial charge on any atom is 0.243 e. The summed E-state index contributed by atoms with van der Waals surface area (Å²) in [5.41, 5.74) is 0.600. The molecule has 0 aromatic heterocycles. The van der Waals surface area contributed by atoms with Gasteiger partial charge < -0.3 is 10.1 Å². The average molecular weight is 381 g/mol. The Morgan fingerprint density at radius 2 is 1.85 bits per heavy atom. The maximum atomic E-state index is 12.5. The Morgan fingerprint density at radius 1 is 1.19 bits per heavy atom. The van der Waals surface area contributed by atoms with Crippen molar-refractivity contribution in [1.29, 1.82) is 0 Å². The molecule has 3 rings (SSSR count). The fourth-order valence-corrected chi connectivity index (χ4v) is 4.91. The number of nitrogens with zero attached hydrogens (tertiary/aromatic N) is 2. The van der Waals surface area contributed by atoms with Crippen LogP contribution in [-0.2, 0) is 19.6 Å². The molecule has 0 bridgehead atoms. The second kappa shape index (κ2) is 8.04. The minimum atomic E-state index is -3.43. The summed E-state index contributed by atoms with van der Waals surface area (Å²) in [6.45, 7) is 7.11. The number of amides is 1. The first-order valence-electron chi connectivity index (χ1n) is 9.14. The molecule has 144 valence electrons. The van der Waals surface area contributed by atoms with Crippen molar-refractivity contribution in [3.63, 3.8) is 0 Å². The average Bonchev–Trinajstić information content (AvgIpc) is 3.17. The van der Waals surface area contributed by atoms with E-state index in [1.165, 1.54) is 4.31 Å². The molecule has 1 aromatic rings. The first kappa shape index (κ1) is 19.3. The summed E-state index contributed by atoms with van der Waals surface area (Å²) in [7, 11) is -3.43. The lowest BCUT2D eigenvalue weighted by atomic mass is 10.2. The van der Waals surface area contributed by atoms with Crippen molar-refractivity contribution in [1.82, 2.24) is 9.21 Å². The molecule has 0 saturated carbocycles. The van der Waals surface area contributed by atoms with Crippen molar-refractivity contribution < 1.29 is 17.9 Å². The number of hydrogen-bond donors (Lipinski definition) is 1. The third kappa shape index (κ3) is 4.25. The van der Waals surface area contributed by atoms with Crippen LogP contribution in [0.15, 0.2) is 29.2 Å². The fraction of sp³-hybridized carbons (Fsp3) is 0.611. The van der Waals surface area contributed by atoms with Gasteiger partial charge in [0.25, 0.3) is 0 Å². The van der Waals surface area contributed by atoms with Crippen LogP contribution >= 0.6 is 0 Å². The molecule has 0 radical (unpaired) electrons. The van der Waals surface area contributed by atoms with Gasteiger partial charge >= 0.3 is 0 Å². The van der Waals surface area contributed by atoms with Crippen LogP contribution < -0.4 is 5.32 Å². The highest BCUT2D eigenvalue weighted by Gasteiger charge is 2.28. The topological polar surface area (TPSA) is 79.0 Å². The van der Waals surface area contributed by atoms with Crippen molar-refractivity contribution >= 4 is 21.6 Å². The molecule has 2 saturated heterocycles. The largest absolute Gasteiger partial charge is 0.376 e. The molecular weight excluding hydrogens is 354 g/mol. The summed E-state index contributed by atoms with van der Waals surface area (Å²) < 4.78 is 32.1. The molecule has 7 nitrogen and oxygen atoms in total. The second-order valence-electron chi connectivity index (χ2n) is 6.98. The quantitative estimate of drug-likeness (QED) is 0.837. The number of anilines is 1. The van der Waals surface area contributed by atoms with Crippen LogP contribution in [0.1, 0.15) is 26.7 Å². The smallest absolute Gasteiger partial charge is 0.243 e. The van der Waals surface area contributed by atoms with Gasteiger partial charge in [-0.3, -0.25) is 9.69 Å². The summed E-state index contributed by atoms with van der Waals surface area (Å²) in [6, 6.07) is 6.15. The van der Waals surface area contributed by atoms with E-state index in [4.69, 9.17) is 4.74 Å². The van der Waals surface area contributed by atoms with Crippen LogP contribution in [0.5, 0.6) is 0 Å². The van der Waals surface area contributed by atoms with Crippen molar-refractivity contribution in [3.8, 4) is 0 Å². The number of carbonyl (C=O) groups is 1. The Morgan fingerprint density at radius 3 is 2.46 bits per heavy atom. The summed E-state index contributed by atoms with van der Waals surface area (Å²) in [5.74, 6) is -0.103. The Balaban J connectivity index is 1.62. The number of benzene rings is 1. The molecule has 2 aliphatic rings. The monoisotopic (exact) mass is 381 g/mol. The number of carbonyl (C=O) groups excluding carboxylic acids is 1. The lowest BCUT2D eigenvalue weighted by Gasteiger charge is -2.34. The molecule has 0 aliphatic carbocycles. The molecule has 0 unspecified atom stereocenters. The van der Waals surface area contributed by atoms with E-state index >= 15 is 0 Å². The minimum absolute atomic E-state index is 0.103. The van der Waals surface area contributed by atoms with Crippen LogP contribution in [0.25, 0.3) is 0 Å². The summed E-state index contributed by atoms with van der Waals surface area (Å²) >= 11 is 0. The maximum absolute atomic E-state index is 12.5. The van der Waals surface area contributed by atoms with Gasteiger partial charge in [0.1, 0.15) is 0 Å².